The van der Waals surface area contributed by atoms with E-state index in [9.17, 15) is 9.59 Å². The average Bonchev–Trinajstić information content (AvgIpc) is 3.20. The standard InChI is InChI=1S/C15H16N6O3S/c1-20(15(23)9-7-21(2)17-14(9)24-3)8-12(22)16-10-5-4-6-11-13(10)19-25-18-11/h4-7H,8H2,1-3H3,(H,16,22). The second-order valence-electron chi connectivity index (χ2n) is 5.37. The Morgan fingerprint density at radius 1 is 1.36 bits per heavy atom. The van der Waals surface area contributed by atoms with Crippen molar-refractivity contribution in [2.75, 3.05) is 26.0 Å². The van der Waals surface area contributed by atoms with Crippen molar-refractivity contribution < 1.29 is 14.3 Å². The van der Waals surface area contributed by atoms with Gasteiger partial charge in [0, 0.05) is 20.3 Å². The summed E-state index contributed by atoms with van der Waals surface area (Å²) in [6, 6.07) is 5.35. The Morgan fingerprint density at radius 3 is 2.92 bits per heavy atom. The van der Waals surface area contributed by atoms with Crippen molar-refractivity contribution >= 4 is 40.3 Å². The van der Waals surface area contributed by atoms with Crippen LogP contribution in [0.5, 0.6) is 5.88 Å². The Labute approximate surface area is 147 Å². The quantitative estimate of drug-likeness (QED) is 0.732. The molecule has 0 aliphatic rings. The summed E-state index contributed by atoms with van der Waals surface area (Å²) in [5.74, 6) is -0.467. The van der Waals surface area contributed by atoms with Crippen molar-refractivity contribution in [3.8, 4) is 5.88 Å². The number of amides is 2. The summed E-state index contributed by atoms with van der Waals surface area (Å²) in [4.78, 5) is 26.1. The zero-order chi connectivity index (χ0) is 18.0. The maximum atomic E-state index is 12.5. The third kappa shape index (κ3) is 3.43. The van der Waals surface area contributed by atoms with Gasteiger partial charge in [-0.15, -0.1) is 5.10 Å². The summed E-state index contributed by atoms with van der Waals surface area (Å²) in [5, 5.41) is 6.80. The molecule has 3 rings (SSSR count). The fraction of sp³-hybridized carbons (Fsp3) is 0.267. The van der Waals surface area contributed by atoms with Crippen LogP contribution in [0.1, 0.15) is 10.4 Å². The van der Waals surface area contributed by atoms with E-state index in [0.717, 1.165) is 11.7 Å². The number of ether oxygens (including phenoxy) is 1. The van der Waals surface area contributed by atoms with E-state index in [-0.39, 0.29) is 24.2 Å². The Kier molecular flexibility index (Phi) is 4.61. The van der Waals surface area contributed by atoms with E-state index < -0.39 is 0 Å². The van der Waals surface area contributed by atoms with Gasteiger partial charge < -0.3 is 15.0 Å². The van der Waals surface area contributed by atoms with E-state index in [1.807, 2.05) is 6.07 Å². The van der Waals surface area contributed by atoms with Gasteiger partial charge in [-0.25, -0.2) is 0 Å². The van der Waals surface area contributed by atoms with Gasteiger partial charge in [0.2, 0.25) is 11.8 Å². The van der Waals surface area contributed by atoms with Crippen molar-refractivity contribution in [1.29, 1.82) is 0 Å². The monoisotopic (exact) mass is 360 g/mol. The van der Waals surface area contributed by atoms with Gasteiger partial charge in [0.25, 0.3) is 5.91 Å². The van der Waals surface area contributed by atoms with Gasteiger partial charge in [0.15, 0.2) is 0 Å². The van der Waals surface area contributed by atoms with Crippen molar-refractivity contribution in [1.82, 2.24) is 23.4 Å². The van der Waals surface area contributed by atoms with E-state index in [1.54, 1.807) is 32.4 Å². The van der Waals surface area contributed by atoms with Gasteiger partial charge in [-0.05, 0) is 12.1 Å². The largest absolute Gasteiger partial charge is 0.479 e. The summed E-state index contributed by atoms with van der Waals surface area (Å²) < 4.78 is 14.9. The number of rotatable bonds is 5. The van der Waals surface area contributed by atoms with E-state index in [4.69, 9.17) is 4.74 Å². The Bertz CT molecular complexity index is 934. The number of fused-ring (bicyclic) bond motifs is 1. The summed E-state index contributed by atoms with van der Waals surface area (Å²) in [5.41, 5.74) is 2.21. The molecule has 2 aromatic heterocycles. The number of benzene rings is 1. The molecule has 2 heterocycles. The summed E-state index contributed by atoms with van der Waals surface area (Å²) in [7, 11) is 4.67. The highest BCUT2D eigenvalue weighted by molar-refractivity contribution is 7.00. The SMILES string of the molecule is COc1nn(C)cc1C(=O)N(C)CC(=O)Nc1cccc2nsnc12. The maximum Gasteiger partial charge on any atom is 0.261 e. The number of aromatic nitrogens is 4. The van der Waals surface area contributed by atoms with Crippen molar-refractivity contribution in [2.45, 2.75) is 0 Å². The lowest BCUT2D eigenvalue weighted by Gasteiger charge is -2.16. The first-order valence-electron chi connectivity index (χ1n) is 7.34. The number of nitrogens with zero attached hydrogens (tertiary/aromatic N) is 5. The van der Waals surface area contributed by atoms with Gasteiger partial charge in [0.1, 0.15) is 16.6 Å². The molecule has 10 heteroatoms. The van der Waals surface area contributed by atoms with Gasteiger partial charge in [-0.3, -0.25) is 14.3 Å². The molecule has 0 saturated carbocycles. The Morgan fingerprint density at radius 2 is 2.16 bits per heavy atom. The fourth-order valence-corrected chi connectivity index (χ4v) is 2.90. The van der Waals surface area contributed by atoms with Crippen LogP contribution in [0, 0.1) is 0 Å². The molecular weight excluding hydrogens is 344 g/mol. The Balaban J connectivity index is 1.70. The second kappa shape index (κ2) is 6.85. The fourth-order valence-electron chi connectivity index (χ4n) is 2.36. The zero-order valence-electron chi connectivity index (χ0n) is 13.9. The number of hydrogen-bond donors (Lipinski definition) is 1. The zero-order valence-corrected chi connectivity index (χ0v) is 14.7. The van der Waals surface area contributed by atoms with Gasteiger partial charge in [0.05, 0.1) is 31.1 Å². The third-order valence-corrected chi connectivity index (χ3v) is 4.05. The number of likely N-dealkylation sites (N-methyl/N-ethyl adjacent to an activating group) is 1. The summed E-state index contributed by atoms with van der Waals surface area (Å²) in [6.45, 7) is -0.120. The lowest BCUT2D eigenvalue weighted by Crippen LogP contribution is -2.35. The van der Waals surface area contributed by atoms with Gasteiger partial charge in [-0.1, -0.05) is 6.07 Å². The van der Waals surface area contributed by atoms with Crippen LogP contribution in [-0.4, -0.2) is 55.9 Å². The lowest BCUT2D eigenvalue weighted by atomic mass is 10.2. The molecule has 1 aromatic carbocycles. The molecular formula is C15H16N6O3S. The topological polar surface area (TPSA) is 102 Å². The highest BCUT2D eigenvalue weighted by Gasteiger charge is 2.22. The van der Waals surface area contributed by atoms with Crippen LogP contribution in [0.25, 0.3) is 11.0 Å². The van der Waals surface area contributed by atoms with E-state index in [0.29, 0.717) is 22.3 Å². The molecule has 25 heavy (non-hydrogen) atoms. The molecule has 2 amide bonds. The van der Waals surface area contributed by atoms with Gasteiger partial charge in [-0.2, -0.15) is 8.75 Å². The molecule has 3 aromatic rings. The predicted molar refractivity (Wildman–Crippen MR) is 92.8 cm³/mol. The highest BCUT2D eigenvalue weighted by Crippen LogP contribution is 2.21. The normalized spacial score (nSPS) is 10.7. The number of hydrogen-bond acceptors (Lipinski definition) is 7. The highest BCUT2D eigenvalue weighted by atomic mass is 32.1. The molecule has 0 fully saturated rings. The maximum absolute atomic E-state index is 12.5. The van der Waals surface area contributed by atoms with Crippen LogP contribution in [-0.2, 0) is 11.8 Å². The van der Waals surface area contributed by atoms with Crippen LogP contribution < -0.4 is 10.1 Å². The smallest absolute Gasteiger partial charge is 0.261 e. The van der Waals surface area contributed by atoms with Crippen molar-refractivity contribution in [3.63, 3.8) is 0 Å². The lowest BCUT2D eigenvalue weighted by molar-refractivity contribution is -0.116. The second-order valence-corrected chi connectivity index (χ2v) is 5.90. The number of nitrogens with one attached hydrogen (secondary N) is 1. The van der Waals surface area contributed by atoms with Gasteiger partial charge >= 0.3 is 0 Å². The van der Waals surface area contributed by atoms with Crippen LogP contribution in [0.2, 0.25) is 0 Å². The number of carbonyl (C=O) groups excluding carboxylic acids is 2. The minimum absolute atomic E-state index is 0.120. The molecule has 0 saturated heterocycles. The van der Waals surface area contributed by atoms with Crippen LogP contribution in [0.3, 0.4) is 0 Å². The molecule has 0 bridgehead atoms. The number of anilines is 1. The molecule has 0 aliphatic heterocycles. The molecule has 0 atom stereocenters. The molecule has 130 valence electrons. The molecule has 1 N–H and O–H groups in total. The van der Waals surface area contributed by atoms with Crippen molar-refractivity contribution in [3.05, 3.63) is 30.0 Å². The molecule has 0 unspecified atom stereocenters. The first-order chi connectivity index (χ1) is 12.0. The molecule has 9 nitrogen and oxygen atoms in total. The molecule has 0 aliphatic carbocycles. The predicted octanol–water partition coefficient (Wildman–Crippen LogP) is 1.14. The summed E-state index contributed by atoms with van der Waals surface area (Å²) in [6.07, 6.45) is 1.55. The third-order valence-electron chi connectivity index (χ3n) is 3.51. The number of aryl methyl sites for hydroxylation is 1. The minimum Gasteiger partial charge on any atom is -0.479 e. The van der Waals surface area contributed by atoms with Crippen LogP contribution in [0.15, 0.2) is 24.4 Å². The van der Waals surface area contributed by atoms with E-state index in [1.165, 1.54) is 16.7 Å². The molecule has 0 radical (unpaired) electrons. The molecule has 0 spiro atoms. The van der Waals surface area contributed by atoms with Crippen molar-refractivity contribution in [2.24, 2.45) is 7.05 Å². The van der Waals surface area contributed by atoms with E-state index in [2.05, 4.69) is 19.2 Å². The van der Waals surface area contributed by atoms with Crippen LogP contribution >= 0.6 is 11.7 Å². The minimum atomic E-state index is -0.353. The first kappa shape index (κ1) is 16.8. The number of carbonyl (C=O) groups is 2. The van der Waals surface area contributed by atoms with E-state index >= 15 is 0 Å². The van der Waals surface area contributed by atoms with Crippen LogP contribution in [0.4, 0.5) is 5.69 Å². The average molecular weight is 360 g/mol. The number of methoxy groups -OCH3 is 1. The summed E-state index contributed by atoms with van der Waals surface area (Å²) >= 11 is 1.08. The Hall–Kier alpha value is -3.01. The first-order valence-corrected chi connectivity index (χ1v) is 8.07.